The third-order valence-electron chi connectivity index (χ3n) is 3.09. The van der Waals surface area contributed by atoms with Gasteiger partial charge in [0.2, 0.25) is 5.91 Å². The van der Waals surface area contributed by atoms with Gasteiger partial charge in [0.15, 0.2) is 0 Å². The number of aromatic amines is 1. The van der Waals surface area contributed by atoms with E-state index in [4.69, 9.17) is 5.73 Å². The number of H-pyrrole nitrogens is 1. The molecule has 0 aliphatic heterocycles. The van der Waals surface area contributed by atoms with Gasteiger partial charge in [-0.3, -0.25) is 9.48 Å². The topological polar surface area (TPSA) is 92.8 Å². The molecule has 7 heteroatoms. The maximum absolute atomic E-state index is 12.1. The number of nitrogens with one attached hydrogen (secondary N) is 1. The molecule has 0 unspecified atom stereocenters. The van der Waals surface area contributed by atoms with Crippen LogP contribution in [0.25, 0.3) is 0 Å². The van der Waals surface area contributed by atoms with Gasteiger partial charge in [0.05, 0.1) is 23.6 Å². The number of amides is 1. The maximum Gasteiger partial charge on any atom is 0.244 e. The molecule has 2 rings (SSSR count). The first-order valence-electron chi connectivity index (χ1n) is 6.00. The van der Waals surface area contributed by atoms with E-state index in [0.717, 1.165) is 17.2 Å². The van der Waals surface area contributed by atoms with Gasteiger partial charge in [-0.1, -0.05) is 0 Å². The number of nitrogens with zero attached hydrogens (tertiary/aromatic N) is 4. The Morgan fingerprint density at radius 3 is 2.79 bits per heavy atom. The number of carbonyl (C=O) groups is 1. The van der Waals surface area contributed by atoms with Gasteiger partial charge in [-0.2, -0.15) is 5.10 Å². The van der Waals surface area contributed by atoms with Crippen molar-refractivity contribution in [3.05, 3.63) is 29.6 Å². The molecule has 0 bridgehead atoms. The molecule has 2 aromatic rings. The third-order valence-corrected chi connectivity index (χ3v) is 3.09. The van der Waals surface area contributed by atoms with E-state index in [-0.39, 0.29) is 12.5 Å². The number of likely N-dealkylation sites (N-methyl/N-ethyl adjacent to an activating group) is 1. The fraction of sp³-hybridized carbons (Fsp3) is 0.417. The Morgan fingerprint density at radius 2 is 2.26 bits per heavy atom. The zero-order valence-corrected chi connectivity index (χ0v) is 11.3. The molecule has 3 N–H and O–H groups in total. The molecule has 0 aliphatic carbocycles. The van der Waals surface area contributed by atoms with E-state index in [1.807, 2.05) is 13.8 Å². The molecule has 2 heterocycles. The Bertz CT molecular complexity index is 571. The lowest BCUT2D eigenvalue weighted by Crippen LogP contribution is -2.30. The fourth-order valence-electron chi connectivity index (χ4n) is 1.81. The fourth-order valence-corrected chi connectivity index (χ4v) is 1.81. The van der Waals surface area contributed by atoms with E-state index in [9.17, 15) is 4.79 Å². The number of anilines is 1. The van der Waals surface area contributed by atoms with Crippen molar-refractivity contribution in [1.29, 1.82) is 0 Å². The SMILES string of the molecule is Cc1nn(CC(=O)N(C)Cc2ncc[nH]2)c(C)c1N. The highest BCUT2D eigenvalue weighted by atomic mass is 16.2. The minimum atomic E-state index is -0.0398. The summed E-state index contributed by atoms with van der Waals surface area (Å²) in [6.45, 7) is 4.31. The second-order valence-electron chi connectivity index (χ2n) is 4.53. The average Bonchev–Trinajstić information content (AvgIpc) is 2.95. The zero-order valence-electron chi connectivity index (χ0n) is 11.3. The van der Waals surface area contributed by atoms with E-state index >= 15 is 0 Å². The minimum Gasteiger partial charge on any atom is -0.396 e. The summed E-state index contributed by atoms with van der Waals surface area (Å²) in [7, 11) is 1.74. The molecule has 102 valence electrons. The highest BCUT2D eigenvalue weighted by Gasteiger charge is 2.15. The smallest absolute Gasteiger partial charge is 0.244 e. The summed E-state index contributed by atoms with van der Waals surface area (Å²) in [4.78, 5) is 20.8. The molecule has 2 aromatic heterocycles. The lowest BCUT2D eigenvalue weighted by molar-refractivity contribution is -0.131. The molecule has 0 saturated heterocycles. The highest BCUT2D eigenvalue weighted by Crippen LogP contribution is 2.14. The highest BCUT2D eigenvalue weighted by molar-refractivity contribution is 5.75. The monoisotopic (exact) mass is 262 g/mol. The van der Waals surface area contributed by atoms with Gasteiger partial charge in [-0.25, -0.2) is 4.98 Å². The van der Waals surface area contributed by atoms with Gasteiger partial charge >= 0.3 is 0 Å². The molecule has 0 saturated carbocycles. The summed E-state index contributed by atoms with van der Waals surface area (Å²) in [6.07, 6.45) is 3.39. The Balaban J connectivity index is 2.02. The van der Waals surface area contributed by atoms with Crippen LogP contribution in [0, 0.1) is 13.8 Å². The minimum absolute atomic E-state index is 0.0398. The summed E-state index contributed by atoms with van der Waals surface area (Å²) in [5, 5.41) is 4.25. The standard InChI is InChI=1S/C12H18N6O/c1-8-12(13)9(2)18(16-8)7-11(19)17(3)6-10-14-4-5-15-10/h4-5H,6-7,13H2,1-3H3,(H,14,15). The molecule has 0 spiro atoms. The average molecular weight is 262 g/mol. The molecule has 0 aliphatic rings. The second kappa shape index (κ2) is 5.13. The molecular formula is C12H18N6O. The van der Waals surface area contributed by atoms with Crippen LogP contribution < -0.4 is 5.73 Å². The van der Waals surface area contributed by atoms with Crippen molar-refractivity contribution in [2.24, 2.45) is 0 Å². The van der Waals surface area contributed by atoms with E-state index in [1.54, 1.807) is 29.0 Å². The van der Waals surface area contributed by atoms with Crippen LogP contribution in [0.5, 0.6) is 0 Å². The van der Waals surface area contributed by atoms with Gasteiger partial charge in [0, 0.05) is 19.4 Å². The van der Waals surface area contributed by atoms with Crippen LogP contribution in [-0.4, -0.2) is 37.6 Å². The Kier molecular flexibility index (Phi) is 3.55. The molecule has 0 fully saturated rings. The van der Waals surface area contributed by atoms with Gasteiger partial charge < -0.3 is 15.6 Å². The quantitative estimate of drug-likeness (QED) is 0.837. The Hall–Kier alpha value is -2.31. The van der Waals surface area contributed by atoms with E-state index < -0.39 is 0 Å². The summed E-state index contributed by atoms with van der Waals surface area (Å²) in [6, 6.07) is 0. The van der Waals surface area contributed by atoms with Crippen LogP contribution in [0.1, 0.15) is 17.2 Å². The van der Waals surface area contributed by atoms with Gasteiger partial charge in [0.1, 0.15) is 12.4 Å². The predicted octanol–water partition coefficient (Wildman–Crippen LogP) is 0.464. The first kappa shape index (κ1) is 13.1. The number of imidazole rings is 1. The van der Waals surface area contributed by atoms with Crippen LogP contribution >= 0.6 is 0 Å². The number of carbonyl (C=O) groups excluding carboxylic acids is 1. The second-order valence-corrected chi connectivity index (χ2v) is 4.53. The van der Waals surface area contributed by atoms with Gasteiger partial charge in [-0.05, 0) is 13.8 Å². The third kappa shape index (κ3) is 2.75. The lowest BCUT2D eigenvalue weighted by Gasteiger charge is -2.16. The van der Waals surface area contributed by atoms with Crippen molar-refractivity contribution >= 4 is 11.6 Å². The molecule has 7 nitrogen and oxygen atoms in total. The summed E-state index contributed by atoms with van der Waals surface area (Å²) in [5.41, 5.74) is 8.05. The lowest BCUT2D eigenvalue weighted by atomic mass is 10.3. The number of hydrogen-bond donors (Lipinski definition) is 2. The number of nitrogens with two attached hydrogens (primary N) is 1. The maximum atomic E-state index is 12.1. The molecule has 1 amide bonds. The van der Waals surface area contributed by atoms with E-state index in [2.05, 4.69) is 15.1 Å². The van der Waals surface area contributed by atoms with Crippen molar-refractivity contribution in [3.8, 4) is 0 Å². The number of hydrogen-bond acceptors (Lipinski definition) is 4. The number of rotatable bonds is 4. The molecule has 0 radical (unpaired) electrons. The largest absolute Gasteiger partial charge is 0.396 e. The van der Waals surface area contributed by atoms with Crippen molar-refractivity contribution in [2.45, 2.75) is 26.9 Å². The van der Waals surface area contributed by atoms with Crippen LogP contribution in [0.3, 0.4) is 0 Å². The van der Waals surface area contributed by atoms with Crippen LogP contribution in [0.2, 0.25) is 0 Å². The summed E-state index contributed by atoms with van der Waals surface area (Å²) in [5.74, 6) is 0.714. The molecule has 0 atom stereocenters. The van der Waals surface area contributed by atoms with Crippen molar-refractivity contribution in [2.75, 3.05) is 12.8 Å². The normalized spacial score (nSPS) is 10.7. The summed E-state index contributed by atoms with van der Waals surface area (Å²) < 4.78 is 1.63. The first-order valence-corrected chi connectivity index (χ1v) is 6.00. The van der Waals surface area contributed by atoms with Gasteiger partial charge in [0.25, 0.3) is 0 Å². The van der Waals surface area contributed by atoms with E-state index in [1.165, 1.54) is 0 Å². The summed E-state index contributed by atoms with van der Waals surface area (Å²) >= 11 is 0. The van der Waals surface area contributed by atoms with Crippen LogP contribution in [-0.2, 0) is 17.9 Å². The Labute approximate surface area is 111 Å². The first-order chi connectivity index (χ1) is 8.99. The van der Waals surface area contributed by atoms with Crippen LogP contribution in [0.15, 0.2) is 12.4 Å². The predicted molar refractivity (Wildman–Crippen MR) is 71.2 cm³/mol. The van der Waals surface area contributed by atoms with Crippen molar-refractivity contribution in [1.82, 2.24) is 24.6 Å². The number of nitrogen functional groups attached to an aromatic ring is 1. The van der Waals surface area contributed by atoms with Crippen molar-refractivity contribution in [3.63, 3.8) is 0 Å². The molecule has 19 heavy (non-hydrogen) atoms. The molecular weight excluding hydrogens is 244 g/mol. The van der Waals surface area contributed by atoms with Crippen molar-refractivity contribution < 1.29 is 4.79 Å². The zero-order chi connectivity index (χ0) is 14.0. The Morgan fingerprint density at radius 1 is 1.53 bits per heavy atom. The number of aromatic nitrogens is 4. The van der Waals surface area contributed by atoms with Gasteiger partial charge in [-0.15, -0.1) is 0 Å². The number of aryl methyl sites for hydroxylation is 1. The van der Waals surface area contributed by atoms with Crippen LogP contribution in [0.4, 0.5) is 5.69 Å². The van der Waals surface area contributed by atoms with E-state index in [0.29, 0.717) is 12.2 Å². The molecule has 0 aromatic carbocycles.